The zero-order chi connectivity index (χ0) is 26.9. The molecule has 0 radical (unpaired) electrons. The third kappa shape index (κ3) is 3.54. The minimum atomic E-state index is -0.708. The van der Waals surface area contributed by atoms with Crippen LogP contribution in [0.3, 0.4) is 0 Å². The molecule has 192 valence electrons. The third-order valence-corrected chi connectivity index (χ3v) is 8.73. The second-order valence-electron chi connectivity index (χ2n) is 10.1. The lowest BCUT2D eigenvalue weighted by molar-refractivity contribution is -0.123. The minimum Gasteiger partial charge on any atom is -0.507 e. The molecule has 7 nitrogen and oxygen atoms in total. The minimum absolute atomic E-state index is 0.0670. The molecule has 2 aromatic rings. The highest BCUT2D eigenvalue weighted by Crippen LogP contribution is 2.56. The van der Waals surface area contributed by atoms with Gasteiger partial charge in [0.05, 0.1) is 24.6 Å². The summed E-state index contributed by atoms with van der Waals surface area (Å²) in [5.74, 6) is -3.08. The number of anilines is 1. The Labute approximate surface area is 227 Å². The van der Waals surface area contributed by atoms with Crippen LogP contribution in [0.5, 0.6) is 11.5 Å². The van der Waals surface area contributed by atoms with Crippen molar-refractivity contribution < 1.29 is 29.0 Å². The first-order valence-corrected chi connectivity index (χ1v) is 13.2. The van der Waals surface area contributed by atoms with Crippen LogP contribution in [-0.2, 0) is 19.2 Å². The summed E-state index contributed by atoms with van der Waals surface area (Å²) in [6.45, 7) is 1.61. The Morgan fingerprint density at radius 2 is 1.74 bits per heavy atom. The van der Waals surface area contributed by atoms with Crippen LogP contribution in [0.4, 0.5) is 5.69 Å². The van der Waals surface area contributed by atoms with Gasteiger partial charge in [-0.2, -0.15) is 0 Å². The number of hydrogen-bond donors (Lipinski definition) is 1. The molecule has 38 heavy (non-hydrogen) atoms. The molecule has 1 heterocycles. The van der Waals surface area contributed by atoms with Crippen LogP contribution < -0.4 is 9.64 Å². The number of ketones is 2. The number of allylic oxidation sites excluding steroid dienone is 6. The molecule has 0 spiro atoms. The second-order valence-corrected chi connectivity index (χ2v) is 11.1. The molecule has 3 aliphatic carbocycles. The highest BCUT2D eigenvalue weighted by Gasteiger charge is 2.56. The van der Waals surface area contributed by atoms with E-state index in [2.05, 4.69) is 15.9 Å². The number of nitrogens with zero attached hydrogens (tertiary/aromatic N) is 1. The van der Waals surface area contributed by atoms with Gasteiger partial charge in [-0.1, -0.05) is 33.6 Å². The first-order chi connectivity index (χ1) is 18.2. The van der Waals surface area contributed by atoms with E-state index in [-0.39, 0.29) is 35.6 Å². The molecule has 4 atom stereocenters. The van der Waals surface area contributed by atoms with Gasteiger partial charge in [0.15, 0.2) is 11.6 Å². The molecule has 1 aliphatic heterocycles. The number of ether oxygens (including phenoxy) is 1. The second kappa shape index (κ2) is 8.91. The quantitative estimate of drug-likeness (QED) is 0.321. The summed E-state index contributed by atoms with van der Waals surface area (Å²) in [4.78, 5) is 55.3. The van der Waals surface area contributed by atoms with Gasteiger partial charge < -0.3 is 9.84 Å². The Morgan fingerprint density at radius 3 is 2.42 bits per heavy atom. The van der Waals surface area contributed by atoms with Crippen molar-refractivity contribution in [3.8, 4) is 11.5 Å². The number of amides is 2. The first kappa shape index (κ1) is 24.6. The Morgan fingerprint density at radius 1 is 1.00 bits per heavy atom. The number of Topliss-reactive ketones (excluding diaryl/α,β-unsaturated/α-hetero) is 1. The number of carbonyl (C=O) groups is 4. The van der Waals surface area contributed by atoms with Crippen molar-refractivity contribution in [2.45, 2.75) is 25.7 Å². The number of hydrogen-bond acceptors (Lipinski definition) is 6. The smallest absolute Gasteiger partial charge is 0.238 e. The van der Waals surface area contributed by atoms with E-state index < -0.39 is 23.7 Å². The summed E-state index contributed by atoms with van der Waals surface area (Å²) in [6.07, 6.45) is 3.81. The number of imide groups is 1. The maximum absolute atomic E-state index is 13.9. The standard InChI is InChI=1S/C30H24BrNO6/c1-14-11-23(33)22-13-21-18(25(27(22)28(14)35)19-8-7-17(38-2)12-24(19)34)9-10-20-26(21)30(37)32(29(20)36)16-5-3-15(31)4-6-16/h3-9,11-12,20-21,25-26,34H,10,13H2,1-2H3. The number of phenols is 1. The van der Waals surface area contributed by atoms with E-state index in [4.69, 9.17) is 4.74 Å². The SMILES string of the molecule is COc1ccc(C2C3=CCC4C(=O)N(c5ccc(Br)cc5)C(=O)C4C3CC3=C2C(=O)C(C)=CC3=O)c(O)c1. The van der Waals surface area contributed by atoms with Gasteiger partial charge in [0.1, 0.15) is 11.5 Å². The number of phenolic OH excluding ortho intramolecular Hbond substituents is 1. The van der Waals surface area contributed by atoms with Crippen LogP contribution in [0.25, 0.3) is 0 Å². The van der Waals surface area contributed by atoms with Crippen LogP contribution in [-0.4, -0.2) is 35.6 Å². The Balaban J connectivity index is 1.49. The highest BCUT2D eigenvalue weighted by atomic mass is 79.9. The lowest BCUT2D eigenvalue weighted by atomic mass is 9.59. The fourth-order valence-corrected chi connectivity index (χ4v) is 6.72. The monoisotopic (exact) mass is 573 g/mol. The van der Waals surface area contributed by atoms with Gasteiger partial charge in [-0.25, -0.2) is 0 Å². The van der Waals surface area contributed by atoms with Crippen LogP contribution >= 0.6 is 15.9 Å². The topological polar surface area (TPSA) is 101 Å². The number of carbonyl (C=O) groups excluding carboxylic acids is 4. The van der Waals surface area contributed by atoms with Crippen molar-refractivity contribution in [1.82, 2.24) is 0 Å². The molecule has 6 rings (SSSR count). The summed E-state index contributed by atoms with van der Waals surface area (Å²) >= 11 is 3.39. The number of benzene rings is 2. The lowest BCUT2D eigenvalue weighted by Crippen LogP contribution is -2.39. The van der Waals surface area contributed by atoms with Crippen molar-refractivity contribution in [3.63, 3.8) is 0 Å². The van der Waals surface area contributed by atoms with E-state index in [0.717, 1.165) is 10.0 Å². The fourth-order valence-electron chi connectivity index (χ4n) is 6.46. The molecule has 2 amide bonds. The normalized spacial score (nSPS) is 26.6. The summed E-state index contributed by atoms with van der Waals surface area (Å²) < 4.78 is 6.08. The summed E-state index contributed by atoms with van der Waals surface area (Å²) in [5, 5.41) is 11.0. The van der Waals surface area contributed by atoms with E-state index in [1.165, 1.54) is 24.2 Å². The molecule has 0 saturated carbocycles. The van der Waals surface area contributed by atoms with Crippen LogP contribution in [0, 0.1) is 17.8 Å². The highest BCUT2D eigenvalue weighted by molar-refractivity contribution is 9.10. The Kier molecular flexibility index (Phi) is 5.76. The van der Waals surface area contributed by atoms with E-state index in [0.29, 0.717) is 40.1 Å². The van der Waals surface area contributed by atoms with Gasteiger partial charge in [-0.3, -0.25) is 24.1 Å². The van der Waals surface area contributed by atoms with Gasteiger partial charge in [-0.05, 0) is 62.1 Å². The van der Waals surface area contributed by atoms with Crippen LogP contribution in [0.15, 0.2) is 81.4 Å². The Hall–Kier alpha value is -3.78. The van der Waals surface area contributed by atoms with E-state index in [9.17, 15) is 24.3 Å². The molecule has 1 fully saturated rings. The van der Waals surface area contributed by atoms with Crippen LogP contribution in [0.1, 0.15) is 31.2 Å². The molecule has 8 heteroatoms. The largest absolute Gasteiger partial charge is 0.507 e. The average Bonchev–Trinajstić information content (AvgIpc) is 3.16. The van der Waals surface area contributed by atoms with Crippen molar-refractivity contribution in [1.29, 1.82) is 0 Å². The van der Waals surface area contributed by atoms with Gasteiger partial charge in [0.25, 0.3) is 0 Å². The molecular formula is C30H24BrNO6. The van der Waals surface area contributed by atoms with Crippen molar-refractivity contribution in [3.05, 3.63) is 86.9 Å². The average molecular weight is 574 g/mol. The molecule has 1 saturated heterocycles. The fraction of sp³-hybridized carbons (Fsp3) is 0.267. The zero-order valence-corrected chi connectivity index (χ0v) is 22.3. The predicted molar refractivity (Wildman–Crippen MR) is 143 cm³/mol. The van der Waals surface area contributed by atoms with Crippen molar-refractivity contribution in [2.24, 2.45) is 17.8 Å². The molecule has 0 bridgehead atoms. The van der Waals surface area contributed by atoms with Crippen molar-refractivity contribution in [2.75, 3.05) is 12.0 Å². The number of halogens is 1. The van der Waals surface area contributed by atoms with E-state index in [1.807, 2.05) is 6.08 Å². The van der Waals surface area contributed by atoms with Gasteiger partial charge >= 0.3 is 0 Å². The molecule has 4 aliphatic rings. The lowest BCUT2D eigenvalue weighted by Gasteiger charge is -2.42. The van der Waals surface area contributed by atoms with Crippen LogP contribution in [0.2, 0.25) is 0 Å². The molecule has 0 aromatic heterocycles. The van der Waals surface area contributed by atoms with Gasteiger partial charge in [0.2, 0.25) is 11.8 Å². The first-order valence-electron chi connectivity index (χ1n) is 12.4. The molecule has 2 aromatic carbocycles. The maximum atomic E-state index is 13.9. The van der Waals surface area contributed by atoms with Gasteiger partial charge in [0, 0.05) is 38.7 Å². The Bertz CT molecular complexity index is 1530. The van der Waals surface area contributed by atoms with E-state index >= 15 is 0 Å². The number of aromatic hydroxyl groups is 1. The van der Waals surface area contributed by atoms with Gasteiger partial charge in [-0.15, -0.1) is 0 Å². The third-order valence-electron chi connectivity index (χ3n) is 8.20. The number of methoxy groups -OCH3 is 1. The maximum Gasteiger partial charge on any atom is 0.238 e. The summed E-state index contributed by atoms with van der Waals surface area (Å²) in [5.41, 5.74) is 2.80. The van der Waals surface area contributed by atoms with E-state index in [1.54, 1.807) is 43.3 Å². The van der Waals surface area contributed by atoms with Crippen molar-refractivity contribution >= 4 is 45.0 Å². The molecular weight excluding hydrogens is 550 g/mol. The number of fused-ring (bicyclic) bond motifs is 3. The summed E-state index contributed by atoms with van der Waals surface area (Å²) in [7, 11) is 1.49. The number of rotatable bonds is 3. The summed E-state index contributed by atoms with van der Waals surface area (Å²) in [6, 6.07) is 11.9. The molecule has 4 unspecified atom stereocenters. The zero-order valence-electron chi connectivity index (χ0n) is 20.7. The molecule has 1 N–H and O–H groups in total. The predicted octanol–water partition coefficient (Wildman–Crippen LogP) is 4.80.